The maximum atomic E-state index is 3.50. The smallest absolute Gasteiger partial charge is 0.000763 e. The molecule has 0 saturated carbocycles. The van der Waals surface area contributed by atoms with E-state index in [-0.39, 0.29) is 0 Å². The van der Waals surface area contributed by atoms with E-state index in [1.165, 1.54) is 33.0 Å². The van der Waals surface area contributed by atoms with Crippen molar-refractivity contribution < 1.29 is 0 Å². The maximum absolute atomic E-state index is 3.50. The Kier molecular flexibility index (Phi) is 1.39. The molecule has 4 rings (SSSR count). The number of rotatable bonds is 0. The third kappa shape index (κ3) is 0.892. The predicted octanol–water partition coefficient (Wildman–Crippen LogP) is 4.29. The summed E-state index contributed by atoms with van der Waals surface area (Å²) in [6.45, 7) is 0. The Morgan fingerprint density at radius 3 is 2.38 bits per heavy atom. The second kappa shape index (κ2) is 2.73. The van der Waals surface area contributed by atoms with Crippen LogP contribution in [0.25, 0.3) is 33.0 Å². The van der Waals surface area contributed by atoms with Gasteiger partial charge in [0, 0.05) is 0 Å². The molecule has 1 aliphatic rings. The molecule has 1 aliphatic carbocycles. The van der Waals surface area contributed by atoms with Crippen LogP contribution in [0.3, 0.4) is 0 Å². The van der Waals surface area contributed by atoms with E-state index >= 15 is 0 Å². The molecule has 0 amide bonds. The molecule has 0 heteroatoms. The Morgan fingerprint density at radius 1 is 0.688 bits per heavy atom. The van der Waals surface area contributed by atoms with Crippen molar-refractivity contribution in [3.63, 3.8) is 0 Å². The lowest BCUT2D eigenvalue weighted by molar-refractivity contribution is 1.54. The zero-order valence-electron chi connectivity index (χ0n) is 8.70. The van der Waals surface area contributed by atoms with Crippen LogP contribution in [0.15, 0.2) is 54.6 Å². The van der Waals surface area contributed by atoms with Crippen LogP contribution in [-0.2, 0) is 0 Å². The molecule has 0 spiro atoms. The first-order chi connectivity index (χ1) is 7.93. The van der Waals surface area contributed by atoms with Gasteiger partial charge in [-0.2, -0.15) is 0 Å². The van der Waals surface area contributed by atoms with Gasteiger partial charge in [-0.1, -0.05) is 48.5 Å². The molecule has 0 unspecified atom stereocenters. The molecule has 0 heterocycles. The normalized spacial score (nSPS) is 11.8. The minimum atomic E-state index is 1.20. The zero-order valence-corrected chi connectivity index (χ0v) is 8.70. The maximum Gasteiger partial charge on any atom is -0.000763 e. The topological polar surface area (TPSA) is 0 Å². The van der Waals surface area contributed by atoms with Crippen LogP contribution in [0.2, 0.25) is 0 Å². The fourth-order valence-corrected chi connectivity index (χ4v) is 2.46. The largest absolute Gasteiger partial charge is 0.0616 e. The quantitative estimate of drug-likeness (QED) is 0.398. The van der Waals surface area contributed by atoms with Gasteiger partial charge in [0.05, 0.1) is 0 Å². The first-order valence-corrected chi connectivity index (χ1v) is 5.48. The van der Waals surface area contributed by atoms with Crippen LogP contribution in [-0.4, -0.2) is 0 Å². The van der Waals surface area contributed by atoms with E-state index in [1.54, 1.807) is 0 Å². The molecule has 0 nitrogen and oxygen atoms in total. The van der Waals surface area contributed by atoms with Gasteiger partial charge in [-0.15, -0.1) is 0 Å². The SMILES string of the molecule is [c]1c2c(cc3ccccc13)-c1ccccc1-2. The van der Waals surface area contributed by atoms with Gasteiger partial charge in [0.1, 0.15) is 0 Å². The Labute approximate surface area is 94.2 Å². The lowest BCUT2D eigenvalue weighted by Gasteiger charge is -2.23. The van der Waals surface area contributed by atoms with Crippen molar-refractivity contribution in [3.8, 4) is 22.3 Å². The van der Waals surface area contributed by atoms with Gasteiger partial charge in [-0.05, 0) is 45.2 Å². The summed E-state index contributed by atoms with van der Waals surface area (Å²) in [5, 5.41) is 2.48. The van der Waals surface area contributed by atoms with E-state index in [2.05, 4.69) is 60.7 Å². The standard InChI is InChI=1S/C16H9/c1-2-6-12-10-16-14-8-4-3-7-13(14)15(16)9-11(12)5-1/h1-9H. The average molecular weight is 201 g/mol. The third-order valence-electron chi connectivity index (χ3n) is 3.28. The van der Waals surface area contributed by atoms with E-state index in [1.807, 2.05) is 0 Å². The van der Waals surface area contributed by atoms with Crippen LogP contribution >= 0.6 is 0 Å². The molecule has 16 heavy (non-hydrogen) atoms. The van der Waals surface area contributed by atoms with Crippen molar-refractivity contribution in [2.24, 2.45) is 0 Å². The van der Waals surface area contributed by atoms with Gasteiger partial charge >= 0.3 is 0 Å². The third-order valence-corrected chi connectivity index (χ3v) is 3.28. The molecule has 3 aromatic carbocycles. The molecule has 3 aromatic rings. The van der Waals surface area contributed by atoms with Gasteiger partial charge in [-0.3, -0.25) is 0 Å². The van der Waals surface area contributed by atoms with Gasteiger partial charge in [0.25, 0.3) is 0 Å². The highest BCUT2D eigenvalue weighted by atomic mass is 14.2. The summed E-state index contributed by atoms with van der Waals surface area (Å²) in [6.07, 6.45) is 0. The summed E-state index contributed by atoms with van der Waals surface area (Å²) in [4.78, 5) is 0. The molecule has 73 valence electrons. The summed E-state index contributed by atoms with van der Waals surface area (Å²) in [7, 11) is 0. The van der Waals surface area contributed by atoms with Crippen LogP contribution in [0.4, 0.5) is 0 Å². The Hall–Kier alpha value is -2.08. The number of benzene rings is 3. The number of hydrogen-bond acceptors (Lipinski definition) is 0. The highest BCUT2D eigenvalue weighted by Crippen LogP contribution is 2.47. The van der Waals surface area contributed by atoms with Crippen LogP contribution < -0.4 is 0 Å². The Morgan fingerprint density at radius 2 is 1.44 bits per heavy atom. The lowest BCUT2D eigenvalue weighted by atomic mass is 9.79. The number of fused-ring (bicyclic) bond motifs is 5. The summed E-state index contributed by atoms with van der Waals surface area (Å²) < 4.78 is 0. The van der Waals surface area contributed by atoms with Crippen LogP contribution in [0.5, 0.6) is 0 Å². The molecule has 0 aliphatic heterocycles. The van der Waals surface area contributed by atoms with E-state index in [9.17, 15) is 0 Å². The zero-order chi connectivity index (χ0) is 10.5. The highest BCUT2D eigenvalue weighted by Gasteiger charge is 2.21. The van der Waals surface area contributed by atoms with Crippen molar-refractivity contribution >= 4 is 10.8 Å². The molecule has 0 bridgehead atoms. The molecule has 0 saturated heterocycles. The van der Waals surface area contributed by atoms with Crippen LogP contribution in [0.1, 0.15) is 0 Å². The van der Waals surface area contributed by atoms with Gasteiger partial charge in [-0.25, -0.2) is 0 Å². The Balaban J connectivity index is 2.09. The summed E-state index contributed by atoms with van der Waals surface area (Å²) in [6, 6.07) is 22.7. The Bertz CT molecular complexity index is 647. The van der Waals surface area contributed by atoms with E-state index in [0.29, 0.717) is 0 Å². The fourth-order valence-electron chi connectivity index (χ4n) is 2.46. The molecule has 0 aromatic heterocycles. The van der Waals surface area contributed by atoms with Gasteiger partial charge in [0.2, 0.25) is 0 Å². The van der Waals surface area contributed by atoms with Crippen molar-refractivity contribution in [2.75, 3.05) is 0 Å². The number of hydrogen-bond donors (Lipinski definition) is 0. The monoisotopic (exact) mass is 201 g/mol. The van der Waals surface area contributed by atoms with Crippen molar-refractivity contribution in [1.82, 2.24) is 0 Å². The van der Waals surface area contributed by atoms with E-state index in [4.69, 9.17) is 0 Å². The van der Waals surface area contributed by atoms with Crippen molar-refractivity contribution in [1.29, 1.82) is 0 Å². The minimum absolute atomic E-state index is 1.20. The average Bonchev–Trinajstić information content (AvgIpc) is 2.35. The fraction of sp³-hybridized carbons (Fsp3) is 0. The highest BCUT2D eigenvalue weighted by molar-refractivity contribution is 6.07. The molecule has 0 N–H and O–H groups in total. The van der Waals surface area contributed by atoms with Crippen molar-refractivity contribution in [2.45, 2.75) is 0 Å². The molecule has 0 atom stereocenters. The van der Waals surface area contributed by atoms with E-state index in [0.717, 1.165) is 0 Å². The van der Waals surface area contributed by atoms with Gasteiger partial charge in [0.15, 0.2) is 0 Å². The first kappa shape index (κ1) is 8.12. The van der Waals surface area contributed by atoms with E-state index < -0.39 is 0 Å². The predicted molar refractivity (Wildman–Crippen MR) is 67.2 cm³/mol. The molecular formula is C16H9. The lowest BCUT2D eigenvalue weighted by Crippen LogP contribution is -1.98. The molecule has 1 radical (unpaired) electrons. The van der Waals surface area contributed by atoms with Crippen molar-refractivity contribution in [3.05, 3.63) is 60.7 Å². The first-order valence-electron chi connectivity index (χ1n) is 5.48. The van der Waals surface area contributed by atoms with Crippen LogP contribution in [0, 0.1) is 6.07 Å². The minimum Gasteiger partial charge on any atom is -0.0616 e. The molecular weight excluding hydrogens is 192 g/mol. The van der Waals surface area contributed by atoms with Gasteiger partial charge < -0.3 is 0 Å². The summed E-state index contributed by atoms with van der Waals surface area (Å²) in [5.41, 5.74) is 5.31. The molecule has 0 fully saturated rings. The second-order valence-electron chi connectivity index (χ2n) is 4.19. The summed E-state index contributed by atoms with van der Waals surface area (Å²) in [5.74, 6) is 0. The summed E-state index contributed by atoms with van der Waals surface area (Å²) >= 11 is 0. The second-order valence-corrected chi connectivity index (χ2v) is 4.19.